The molecule has 1 nitrogen and oxygen atoms in total. The van der Waals surface area contributed by atoms with Crippen LogP contribution in [0.15, 0.2) is 115 Å². The molecule has 0 radical (unpaired) electrons. The van der Waals surface area contributed by atoms with Crippen molar-refractivity contribution in [3.8, 4) is 5.75 Å². The summed E-state index contributed by atoms with van der Waals surface area (Å²) in [4.78, 5) is 0. The summed E-state index contributed by atoms with van der Waals surface area (Å²) in [6.45, 7) is 0. The third-order valence-corrected chi connectivity index (χ3v) is 12.7. The van der Waals surface area contributed by atoms with Crippen molar-refractivity contribution in [2.75, 3.05) is 7.11 Å². The SMILES string of the molecule is COc1cccc(P(Cl)(Cc2ccccc2)(c2ccccc2)c2ccccc2)c1. The van der Waals surface area contributed by atoms with Crippen LogP contribution in [0.3, 0.4) is 0 Å². The average Bonchev–Trinajstić information content (AvgIpc) is 2.81. The summed E-state index contributed by atoms with van der Waals surface area (Å²) in [6.07, 6.45) is 0.731. The predicted octanol–water partition coefficient (Wildman–Crippen LogP) is 5.88. The van der Waals surface area contributed by atoms with Crippen molar-refractivity contribution in [1.82, 2.24) is 0 Å². The summed E-state index contributed by atoms with van der Waals surface area (Å²) in [5, 5.41) is 3.42. The summed E-state index contributed by atoms with van der Waals surface area (Å²) in [5.74, 6) is -2.52. The standard InChI is InChI=1S/C26H24ClOP/c1-28-23-14-11-19-26(20-23)29(27,24-15-7-3-8-16-24,25-17-9-4-10-18-25)21-22-12-5-2-6-13-22/h2-20H,21H2,1H3. The molecule has 0 fully saturated rings. The van der Waals surface area contributed by atoms with Crippen LogP contribution in [-0.2, 0) is 6.16 Å². The van der Waals surface area contributed by atoms with Gasteiger partial charge in [-0.1, -0.05) is 0 Å². The van der Waals surface area contributed by atoms with Crippen molar-refractivity contribution in [3.05, 3.63) is 121 Å². The quantitative estimate of drug-likeness (QED) is 0.355. The summed E-state index contributed by atoms with van der Waals surface area (Å²) < 4.78 is 5.58. The van der Waals surface area contributed by atoms with Gasteiger partial charge in [0, 0.05) is 0 Å². The van der Waals surface area contributed by atoms with Crippen molar-refractivity contribution in [3.63, 3.8) is 0 Å². The van der Waals surface area contributed by atoms with Crippen LogP contribution in [0.25, 0.3) is 0 Å². The van der Waals surface area contributed by atoms with E-state index in [1.165, 1.54) is 5.56 Å². The van der Waals surface area contributed by atoms with Gasteiger partial charge >= 0.3 is 178 Å². The Morgan fingerprint density at radius 3 is 1.62 bits per heavy atom. The number of hydrogen-bond donors (Lipinski definition) is 0. The van der Waals surface area contributed by atoms with E-state index in [1.807, 2.05) is 30.3 Å². The first-order chi connectivity index (χ1) is 14.1. The fourth-order valence-electron chi connectivity index (χ4n) is 4.03. The van der Waals surface area contributed by atoms with Gasteiger partial charge in [0.15, 0.2) is 0 Å². The normalized spacial score (nSPS) is 12.7. The van der Waals surface area contributed by atoms with Crippen molar-refractivity contribution >= 4 is 33.1 Å². The minimum absolute atomic E-state index is 0.731. The van der Waals surface area contributed by atoms with Gasteiger partial charge < -0.3 is 0 Å². The molecule has 0 aliphatic carbocycles. The van der Waals surface area contributed by atoms with Crippen LogP contribution in [0.5, 0.6) is 5.75 Å². The molecular formula is C26H24ClOP. The minimum atomic E-state index is -3.34. The molecule has 4 aromatic carbocycles. The van der Waals surface area contributed by atoms with E-state index in [1.54, 1.807) is 7.11 Å². The van der Waals surface area contributed by atoms with E-state index in [4.69, 9.17) is 16.0 Å². The van der Waals surface area contributed by atoms with Crippen LogP contribution < -0.4 is 20.7 Å². The zero-order valence-electron chi connectivity index (χ0n) is 16.4. The molecule has 146 valence electrons. The van der Waals surface area contributed by atoms with Crippen LogP contribution in [0, 0.1) is 0 Å². The van der Waals surface area contributed by atoms with Crippen LogP contribution in [0.1, 0.15) is 5.56 Å². The Hall–Kier alpha value is -2.60. The van der Waals surface area contributed by atoms with E-state index >= 15 is 0 Å². The number of rotatable bonds is 6. The maximum absolute atomic E-state index is 8.11. The van der Waals surface area contributed by atoms with E-state index in [9.17, 15) is 0 Å². The van der Waals surface area contributed by atoms with Crippen LogP contribution >= 0.6 is 17.2 Å². The van der Waals surface area contributed by atoms with Gasteiger partial charge in [-0.25, -0.2) is 0 Å². The zero-order valence-corrected chi connectivity index (χ0v) is 18.1. The number of methoxy groups -OCH3 is 1. The van der Waals surface area contributed by atoms with Gasteiger partial charge in [-0.2, -0.15) is 0 Å². The molecule has 0 aliphatic rings. The van der Waals surface area contributed by atoms with Crippen molar-refractivity contribution in [2.24, 2.45) is 0 Å². The summed E-state index contributed by atoms with van der Waals surface area (Å²) in [7, 11) is 1.70. The van der Waals surface area contributed by atoms with Crippen molar-refractivity contribution in [1.29, 1.82) is 0 Å². The summed E-state index contributed by atoms with van der Waals surface area (Å²) in [5.41, 5.74) is 1.22. The van der Waals surface area contributed by atoms with Gasteiger partial charge in [0.1, 0.15) is 0 Å². The zero-order chi connectivity index (χ0) is 20.2. The third-order valence-electron chi connectivity index (χ3n) is 5.50. The Kier molecular flexibility index (Phi) is 5.46. The number of hydrogen-bond acceptors (Lipinski definition) is 1. The first-order valence-electron chi connectivity index (χ1n) is 9.68. The second kappa shape index (κ2) is 8.03. The molecule has 0 aliphatic heterocycles. The van der Waals surface area contributed by atoms with Gasteiger partial charge in [-0.3, -0.25) is 0 Å². The van der Waals surface area contributed by atoms with Crippen molar-refractivity contribution in [2.45, 2.75) is 6.16 Å². The Bertz CT molecular complexity index is 1040. The number of benzene rings is 4. The molecule has 3 heteroatoms. The molecule has 29 heavy (non-hydrogen) atoms. The maximum atomic E-state index is 8.11. The molecule has 0 N–H and O–H groups in total. The van der Waals surface area contributed by atoms with E-state index < -0.39 is 5.96 Å². The molecule has 0 saturated carbocycles. The molecule has 4 aromatic rings. The molecule has 0 aromatic heterocycles. The molecule has 0 heterocycles. The summed E-state index contributed by atoms with van der Waals surface area (Å²) in [6, 6.07) is 39.8. The fourth-order valence-corrected chi connectivity index (χ4v) is 10.2. The Labute approximate surface area is 177 Å². The molecule has 0 saturated heterocycles. The van der Waals surface area contributed by atoms with E-state index in [0.29, 0.717) is 0 Å². The first kappa shape index (κ1) is 19.7. The molecule has 0 amide bonds. The second-order valence-corrected chi connectivity index (χ2v) is 13.7. The van der Waals surface area contributed by atoms with E-state index in [2.05, 4.69) is 84.9 Å². The predicted molar refractivity (Wildman–Crippen MR) is 128 cm³/mol. The van der Waals surface area contributed by atoms with Crippen LogP contribution in [0.2, 0.25) is 0 Å². The van der Waals surface area contributed by atoms with E-state index in [0.717, 1.165) is 27.8 Å². The van der Waals surface area contributed by atoms with Crippen molar-refractivity contribution < 1.29 is 4.74 Å². The number of ether oxygens (including phenoxy) is 1. The molecule has 0 bridgehead atoms. The summed E-state index contributed by atoms with van der Waals surface area (Å²) >= 11 is 8.11. The molecule has 0 atom stereocenters. The van der Waals surface area contributed by atoms with Crippen LogP contribution in [-0.4, -0.2) is 7.11 Å². The molecule has 4 rings (SSSR count). The monoisotopic (exact) mass is 418 g/mol. The van der Waals surface area contributed by atoms with Gasteiger partial charge in [0.2, 0.25) is 0 Å². The Balaban J connectivity index is 2.10. The topological polar surface area (TPSA) is 9.23 Å². The molecule has 0 unspecified atom stereocenters. The second-order valence-electron chi connectivity index (χ2n) is 7.20. The molecular weight excluding hydrogens is 395 g/mol. The first-order valence-corrected chi connectivity index (χ1v) is 13.0. The Morgan fingerprint density at radius 2 is 1.10 bits per heavy atom. The average molecular weight is 419 g/mol. The fraction of sp³-hybridized carbons (Fsp3) is 0.0769. The van der Waals surface area contributed by atoms with Gasteiger partial charge in [0.25, 0.3) is 0 Å². The van der Waals surface area contributed by atoms with Gasteiger partial charge in [-0.05, 0) is 0 Å². The third kappa shape index (κ3) is 3.46. The van der Waals surface area contributed by atoms with Crippen LogP contribution in [0.4, 0.5) is 0 Å². The molecule has 0 spiro atoms. The van der Waals surface area contributed by atoms with Gasteiger partial charge in [0.05, 0.1) is 0 Å². The van der Waals surface area contributed by atoms with Gasteiger partial charge in [-0.15, -0.1) is 0 Å². The Morgan fingerprint density at radius 1 is 0.621 bits per heavy atom. The number of halogens is 1. The van der Waals surface area contributed by atoms with E-state index in [-0.39, 0.29) is 0 Å².